The van der Waals surface area contributed by atoms with Gasteiger partial charge in [0.2, 0.25) is 0 Å². The fourth-order valence-electron chi connectivity index (χ4n) is 1.22. The molecule has 0 atom stereocenters. The largest absolute Gasteiger partial charge is 0.296 e. The number of hydrogen-bond acceptors (Lipinski definition) is 2. The van der Waals surface area contributed by atoms with E-state index in [0.717, 1.165) is 19.1 Å². The van der Waals surface area contributed by atoms with Gasteiger partial charge < -0.3 is 0 Å². The summed E-state index contributed by atoms with van der Waals surface area (Å²) in [6.07, 6.45) is 5.17. The maximum atomic E-state index is 8.38. The molecule has 1 rings (SSSR count). The van der Waals surface area contributed by atoms with Gasteiger partial charge in [0.05, 0.1) is 6.07 Å². The van der Waals surface area contributed by atoms with Gasteiger partial charge >= 0.3 is 0 Å². The van der Waals surface area contributed by atoms with Crippen LogP contribution in [0.3, 0.4) is 0 Å². The second kappa shape index (κ2) is 4.15. The molecular formula is C9H14N2. The van der Waals surface area contributed by atoms with E-state index >= 15 is 0 Å². The van der Waals surface area contributed by atoms with Gasteiger partial charge in [0.25, 0.3) is 0 Å². The summed E-state index contributed by atoms with van der Waals surface area (Å²) in [4.78, 5) is 2.33. The third-order valence-electron chi connectivity index (χ3n) is 1.94. The minimum atomic E-state index is 0.643. The van der Waals surface area contributed by atoms with E-state index in [2.05, 4.69) is 17.5 Å². The smallest absolute Gasteiger partial charge is 0.0635 e. The minimum absolute atomic E-state index is 0.643. The van der Waals surface area contributed by atoms with Crippen LogP contribution in [0.25, 0.3) is 0 Å². The lowest BCUT2D eigenvalue weighted by molar-refractivity contribution is 0.299. The van der Waals surface area contributed by atoms with Crippen molar-refractivity contribution in [2.75, 3.05) is 13.1 Å². The molecule has 0 radical (unpaired) electrons. The van der Waals surface area contributed by atoms with Crippen LogP contribution in [0.4, 0.5) is 0 Å². The summed E-state index contributed by atoms with van der Waals surface area (Å²) in [5, 5.41) is 8.38. The van der Waals surface area contributed by atoms with E-state index < -0.39 is 0 Å². The first-order valence-electron chi connectivity index (χ1n) is 4.10. The fourth-order valence-corrected chi connectivity index (χ4v) is 1.22. The van der Waals surface area contributed by atoms with Crippen LogP contribution in [0.1, 0.15) is 19.3 Å². The molecule has 0 spiro atoms. The Morgan fingerprint density at radius 3 is 2.82 bits per heavy atom. The molecule has 1 aliphatic rings. The Morgan fingerprint density at radius 2 is 2.36 bits per heavy atom. The first-order chi connectivity index (χ1) is 5.38. The van der Waals surface area contributed by atoms with Gasteiger partial charge in [-0.05, 0) is 12.8 Å². The van der Waals surface area contributed by atoms with E-state index in [1.54, 1.807) is 0 Å². The van der Waals surface area contributed by atoms with E-state index in [-0.39, 0.29) is 0 Å². The zero-order valence-electron chi connectivity index (χ0n) is 6.79. The molecule has 0 aromatic carbocycles. The molecule has 0 unspecified atom stereocenters. The standard InChI is InChI=1S/C9H14N2/c1-2-7-11(8-3-6-10)9-4-5-9/h2,9H,1,3-5,7-8H2. The molecule has 11 heavy (non-hydrogen) atoms. The predicted octanol–water partition coefficient (Wildman–Crippen LogP) is 1.55. The lowest BCUT2D eigenvalue weighted by Gasteiger charge is -2.17. The summed E-state index contributed by atoms with van der Waals surface area (Å²) in [5.41, 5.74) is 0. The summed E-state index contributed by atoms with van der Waals surface area (Å²) >= 11 is 0. The molecule has 0 saturated heterocycles. The molecule has 0 aliphatic heterocycles. The maximum Gasteiger partial charge on any atom is 0.0635 e. The topological polar surface area (TPSA) is 27.0 Å². The third kappa shape index (κ3) is 2.73. The van der Waals surface area contributed by atoms with Crippen LogP contribution < -0.4 is 0 Å². The molecule has 1 fully saturated rings. The van der Waals surface area contributed by atoms with Crippen molar-refractivity contribution in [1.29, 1.82) is 5.26 Å². The molecule has 2 nitrogen and oxygen atoms in total. The van der Waals surface area contributed by atoms with Crippen molar-refractivity contribution in [3.05, 3.63) is 12.7 Å². The highest BCUT2D eigenvalue weighted by Gasteiger charge is 2.27. The molecular weight excluding hydrogens is 136 g/mol. The summed E-state index contributed by atoms with van der Waals surface area (Å²) < 4.78 is 0. The Kier molecular flexibility index (Phi) is 3.13. The SMILES string of the molecule is C=CCN(CCC#N)C1CC1. The van der Waals surface area contributed by atoms with Gasteiger partial charge in [0.1, 0.15) is 0 Å². The van der Waals surface area contributed by atoms with Gasteiger partial charge in [-0.3, -0.25) is 4.90 Å². The fraction of sp³-hybridized carbons (Fsp3) is 0.667. The number of hydrogen-bond donors (Lipinski definition) is 0. The third-order valence-corrected chi connectivity index (χ3v) is 1.94. The van der Waals surface area contributed by atoms with Crippen LogP contribution in [0.5, 0.6) is 0 Å². The van der Waals surface area contributed by atoms with E-state index in [4.69, 9.17) is 5.26 Å². The van der Waals surface area contributed by atoms with Gasteiger partial charge in [-0.25, -0.2) is 0 Å². The Bertz CT molecular complexity index is 165. The highest BCUT2D eigenvalue weighted by molar-refractivity contribution is 4.89. The van der Waals surface area contributed by atoms with Crippen LogP contribution in [0.15, 0.2) is 12.7 Å². The zero-order chi connectivity index (χ0) is 8.10. The van der Waals surface area contributed by atoms with E-state index in [1.165, 1.54) is 12.8 Å². The normalized spacial score (nSPS) is 16.4. The molecule has 2 heteroatoms. The number of rotatable bonds is 5. The van der Waals surface area contributed by atoms with Crippen LogP contribution in [0.2, 0.25) is 0 Å². The van der Waals surface area contributed by atoms with Crippen molar-refractivity contribution in [3.8, 4) is 6.07 Å². The Labute approximate surface area is 68.1 Å². The summed E-state index contributed by atoms with van der Waals surface area (Å²) in [6.45, 7) is 5.54. The molecule has 1 saturated carbocycles. The average molecular weight is 150 g/mol. The lowest BCUT2D eigenvalue weighted by Crippen LogP contribution is -2.26. The van der Waals surface area contributed by atoms with Crippen molar-refractivity contribution in [2.45, 2.75) is 25.3 Å². The van der Waals surface area contributed by atoms with Crippen LogP contribution in [-0.4, -0.2) is 24.0 Å². The van der Waals surface area contributed by atoms with Crippen molar-refractivity contribution in [2.24, 2.45) is 0 Å². The highest BCUT2D eigenvalue weighted by atomic mass is 15.2. The van der Waals surface area contributed by atoms with Crippen LogP contribution >= 0.6 is 0 Å². The van der Waals surface area contributed by atoms with E-state index in [1.807, 2.05) is 6.08 Å². The first kappa shape index (κ1) is 8.29. The first-order valence-corrected chi connectivity index (χ1v) is 4.10. The molecule has 0 amide bonds. The molecule has 60 valence electrons. The van der Waals surface area contributed by atoms with Crippen LogP contribution in [0, 0.1) is 11.3 Å². The molecule has 1 aliphatic carbocycles. The maximum absolute atomic E-state index is 8.38. The van der Waals surface area contributed by atoms with Crippen molar-refractivity contribution in [3.63, 3.8) is 0 Å². The predicted molar refractivity (Wildman–Crippen MR) is 45.0 cm³/mol. The Hall–Kier alpha value is -0.810. The Morgan fingerprint density at radius 1 is 1.64 bits per heavy atom. The summed E-state index contributed by atoms with van der Waals surface area (Å²) in [5.74, 6) is 0. The number of nitriles is 1. The highest BCUT2D eigenvalue weighted by Crippen LogP contribution is 2.26. The zero-order valence-corrected chi connectivity index (χ0v) is 6.79. The summed E-state index contributed by atoms with van der Waals surface area (Å²) in [7, 11) is 0. The van der Waals surface area contributed by atoms with E-state index in [9.17, 15) is 0 Å². The van der Waals surface area contributed by atoms with Gasteiger partial charge in [0, 0.05) is 25.6 Å². The molecule has 0 aromatic heterocycles. The molecule has 0 heterocycles. The van der Waals surface area contributed by atoms with Crippen molar-refractivity contribution < 1.29 is 0 Å². The van der Waals surface area contributed by atoms with Crippen molar-refractivity contribution >= 4 is 0 Å². The molecule has 0 bridgehead atoms. The van der Waals surface area contributed by atoms with Gasteiger partial charge in [-0.2, -0.15) is 5.26 Å². The van der Waals surface area contributed by atoms with Crippen molar-refractivity contribution in [1.82, 2.24) is 4.90 Å². The summed E-state index contributed by atoms with van der Waals surface area (Å²) in [6, 6.07) is 2.91. The van der Waals surface area contributed by atoms with Crippen LogP contribution in [-0.2, 0) is 0 Å². The molecule has 0 aromatic rings. The Balaban J connectivity index is 2.21. The second-order valence-electron chi connectivity index (χ2n) is 2.92. The minimum Gasteiger partial charge on any atom is -0.296 e. The monoisotopic (exact) mass is 150 g/mol. The molecule has 0 N–H and O–H groups in total. The number of nitrogens with zero attached hydrogens (tertiary/aromatic N) is 2. The lowest BCUT2D eigenvalue weighted by atomic mass is 10.4. The average Bonchev–Trinajstić information content (AvgIpc) is 2.80. The second-order valence-corrected chi connectivity index (χ2v) is 2.92. The van der Waals surface area contributed by atoms with Gasteiger partial charge in [0.15, 0.2) is 0 Å². The quantitative estimate of drug-likeness (QED) is 0.556. The van der Waals surface area contributed by atoms with Gasteiger partial charge in [-0.15, -0.1) is 6.58 Å². The van der Waals surface area contributed by atoms with E-state index in [0.29, 0.717) is 6.42 Å². The van der Waals surface area contributed by atoms with Gasteiger partial charge in [-0.1, -0.05) is 6.08 Å².